The van der Waals surface area contributed by atoms with Crippen LogP contribution in [0.25, 0.3) is 0 Å². The second kappa shape index (κ2) is 8.39. The van der Waals surface area contributed by atoms with Crippen molar-refractivity contribution in [1.82, 2.24) is 0 Å². The van der Waals surface area contributed by atoms with E-state index in [1.54, 1.807) is 38.3 Å². The predicted octanol–water partition coefficient (Wildman–Crippen LogP) is 4.63. The van der Waals surface area contributed by atoms with Crippen molar-refractivity contribution in [3.63, 3.8) is 0 Å². The lowest BCUT2D eigenvalue weighted by atomic mass is 10.2. The second-order valence-electron chi connectivity index (χ2n) is 4.89. The van der Waals surface area contributed by atoms with Gasteiger partial charge in [0, 0.05) is 10.5 Å². The van der Waals surface area contributed by atoms with E-state index in [2.05, 4.69) is 37.2 Å². The van der Waals surface area contributed by atoms with Crippen LogP contribution in [0.4, 0.5) is 5.69 Å². The van der Waals surface area contributed by atoms with Crippen LogP contribution in [0.2, 0.25) is 0 Å². The van der Waals surface area contributed by atoms with E-state index < -0.39 is 6.10 Å². The number of carbonyl (C=O) groups is 1. The first kappa shape index (κ1) is 18.6. The van der Waals surface area contributed by atoms with Gasteiger partial charge in [0.1, 0.15) is 17.2 Å². The third-order valence-corrected chi connectivity index (χ3v) is 4.35. The molecule has 1 unspecified atom stereocenters. The number of amides is 1. The number of carbonyl (C=O) groups excluding carboxylic acids is 1. The van der Waals surface area contributed by atoms with Crippen LogP contribution >= 0.6 is 31.9 Å². The second-order valence-corrected chi connectivity index (χ2v) is 6.66. The Morgan fingerprint density at radius 2 is 1.79 bits per heavy atom. The molecule has 0 radical (unpaired) electrons. The molecule has 0 aliphatic rings. The highest BCUT2D eigenvalue weighted by molar-refractivity contribution is 9.11. The summed E-state index contributed by atoms with van der Waals surface area (Å²) in [6.07, 6.45) is -0.686. The molecule has 5 nitrogen and oxygen atoms in total. The highest BCUT2D eigenvalue weighted by Gasteiger charge is 2.18. The molecular formula is C17H17Br2NO4. The number of rotatable bonds is 6. The number of hydrogen-bond donors (Lipinski definition) is 1. The smallest absolute Gasteiger partial charge is 0.265 e. The van der Waals surface area contributed by atoms with E-state index in [1.807, 2.05) is 12.1 Å². The average molecular weight is 459 g/mol. The lowest BCUT2D eigenvalue weighted by Gasteiger charge is -2.17. The first-order valence-electron chi connectivity index (χ1n) is 7.09. The van der Waals surface area contributed by atoms with Crippen molar-refractivity contribution in [2.45, 2.75) is 13.0 Å². The quantitative estimate of drug-likeness (QED) is 0.685. The van der Waals surface area contributed by atoms with Crippen LogP contribution in [-0.2, 0) is 4.79 Å². The van der Waals surface area contributed by atoms with E-state index in [-0.39, 0.29) is 5.91 Å². The molecule has 0 aliphatic heterocycles. The Labute approximate surface area is 157 Å². The number of hydrogen-bond acceptors (Lipinski definition) is 4. The van der Waals surface area contributed by atoms with E-state index >= 15 is 0 Å². The predicted molar refractivity (Wildman–Crippen MR) is 100 cm³/mol. The van der Waals surface area contributed by atoms with Gasteiger partial charge in [0.15, 0.2) is 6.10 Å². The fourth-order valence-electron chi connectivity index (χ4n) is 1.95. The summed E-state index contributed by atoms with van der Waals surface area (Å²) in [5.41, 5.74) is 0.550. The van der Waals surface area contributed by atoms with Crippen LogP contribution in [-0.4, -0.2) is 26.2 Å². The molecule has 2 aromatic carbocycles. The zero-order valence-corrected chi connectivity index (χ0v) is 16.6. The van der Waals surface area contributed by atoms with Crippen LogP contribution in [0, 0.1) is 0 Å². The summed E-state index contributed by atoms with van der Waals surface area (Å²) < 4.78 is 17.8. The summed E-state index contributed by atoms with van der Waals surface area (Å²) in [5, 5.41) is 2.79. The summed E-state index contributed by atoms with van der Waals surface area (Å²) in [7, 11) is 3.10. The van der Waals surface area contributed by atoms with E-state index in [0.717, 1.165) is 8.95 Å². The molecule has 0 saturated heterocycles. The zero-order valence-electron chi connectivity index (χ0n) is 13.4. The maximum atomic E-state index is 12.4. The molecule has 0 bridgehead atoms. The number of nitrogens with one attached hydrogen (secondary N) is 1. The highest BCUT2D eigenvalue weighted by Crippen LogP contribution is 2.31. The molecule has 0 aromatic heterocycles. The summed E-state index contributed by atoms with van der Waals surface area (Å²) in [6.45, 7) is 1.68. The van der Waals surface area contributed by atoms with Crippen molar-refractivity contribution in [3.8, 4) is 17.2 Å². The maximum Gasteiger partial charge on any atom is 0.265 e. The van der Waals surface area contributed by atoms with E-state index in [1.165, 1.54) is 7.11 Å². The average Bonchev–Trinajstić information content (AvgIpc) is 2.57. The molecular weight excluding hydrogens is 442 g/mol. The molecule has 24 heavy (non-hydrogen) atoms. The van der Waals surface area contributed by atoms with E-state index in [4.69, 9.17) is 14.2 Å². The number of methoxy groups -OCH3 is 2. The standard InChI is InChI=1S/C17H17Br2NO4/c1-10(24-15-7-4-11(18)8-13(15)19)17(21)20-14-6-5-12(22-2)9-16(14)23-3/h4-10H,1-3H3,(H,20,21). The summed E-state index contributed by atoms with van der Waals surface area (Å²) >= 11 is 6.78. The van der Waals surface area contributed by atoms with Crippen LogP contribution in [0.5, 0.6) is 17.2 Å². The number of anilines is 1. The first-order chi connectivity index (χ1) is 11.4. The summed E-state index contributed by atoms with van der Waals surface area (Å²) in [4.78, 5) is 12.4. The molecule has 1 atom stereocenters. The first-order valence-corrected chi connectivity index (χ1v) is 8.67. The largest absolute Gasteiger partial charge is 0.497 e. The van der Waals surface area contributed by atoms with Crippen molar-refractivity contribution in [2.75, 3.05) is 19.5 Å². The number of ether oxygens (including phenoxy) is 3. The van der Waals surface area contributed by atoms with Crippen LogP contribution in [0.1, 0.15) is 6.92 Å². The topological polar surface area (TPSA) is 56.8 Å². The summed E-state index contributed by atoms with van der Waals surface area (Å²) in [5.74, 6) is 1.46. The molecule has 128 valence electrons. The molecule has 0 heterocycles. The fourth-order valence-corrected chi connectivity index (χ4v) is 3.09. The van der Waals surface area contributed by atoms with Crippen molar-refractivity contribution < 1.29 is 19.0 Å². The van der Waals surface area contributed by atoms with Gasteiger partial charge in [0.05, 0.1) is 24.4 Å². The van der Waals surface area contributed by atoms with Gasteiger partial charge < -0.3 is 19.5 Å². The Morgan fingerprint density at radius 1 is 1.04 bits per heavy atom. The third-order valence-electron chi connectivity index (χ3n) is 3.23. The Hall–Kier alpha value is -1.73. The molecule has 0 saturated carbocycles. The summed E-state index contributed by atoms with van der Waals surface area (Å²) in [6, 6.07) is 10.6. The van der Waals surface area contributed by atoms with Crippen LogP contribution < -0.4 is 19.5 Å². The third kappa shape index (κ3) is 4.64. The molecule has 2 rings (SSSR count). The van der Waals surface area contributed by atoms with Crippen LogP contribution in [0.3, 0.4) is 0 Å². The molecule has 0 spiro atoms. The molecule has 1 amide bonds. The minimum absolute atomic E-state index is 0.284. The monoisotopic (exact) mass is 457 g/mol. The van der Waals surface area contributed by atoms with Gasteiger partial charge in [-0.15, -0.1) is 0 Å². The van der Waals surface area contributed by atoms with Gasteiger partial charge in [-0.25, -0.2) is 0 Å². The zero-order chi connectivity index (χ0) is 17.7. The lowest BCUT2D eigenvalue weighted by molar-refractivity contribution is -0.122. The lowest BCUT2D eigenvalue weighted by Crippen LogP contribution is -2.30. The highest BCUT2D eigenvalue weighted by atomic mass is 79.9. The molecule has 1 N–H and O–H groups in total. The molecule has 0 aliphatic carbocycles. The van der Waals surface area contributed by atoms with Gasteiger partial charge in [0.25, 0.3) is 5.91 Å². The molecule has 0 fully saturated rings. The molecule has 2 aromatic rings. The van der Waals surface area contributed by atoms with E-state index in [9.17, 15) is 4.79 Å². The van der Waals surface area contributed by atoms with Gasteiger partial charge in [0.2, 0.25) is 0 Å². The van der Waals surface area contributed by atoms with Crippen LogP contribution in [0.15, 0.2) is 45.3 Å². The van der Waals surface area contributed by atoms with Gasteiger partial charge in [-0.1, -0.05) is 15.9 Å². The van der Waals surface area contributed by atoms with Crippen molar-refractivity contribution in [2.24, 2.45) is 0 Å². The molecule has 7 heteroatoms. The van der Waals surface area contributed by atoms with Crippen molar-refractivity contribution in [3.05, 3.63) is 45.3 Å². The minimum Gasteiger partial charge on any atom is -0.497 e. The SMILES string of the molecule is COc1ccc(NC(=O)C(C)Oc2ccc(Br)cc2Br)c(OC)c1. The maximum absolute atomic E-state index is 12.4. The Kier molecular flexibility index (Phi) is 6.51. The number of benzene rings is 2. The van der Waals surface area contributed by atoms with Crippen molar-refractivity contribution >= 4 is 43.5 Å². The van der Waals surface area contributed by atoms with Gasteiger partial charge in [-0.2, -0.15) is 0 Å². The Bertz CT molecular complexity index is 737. The van der Waals surface area contributed by atoms with Gasteiger partial charge in [-0.05, 0) is 53.2 Å². The number of halogens is 2. The fraction of sp³-hybridized carbons (Fsp3) is 0.235. The Balaban J connectivity index is 2.08. The van der Waals surface area contributed by atoms with E-state index in [0.29, 0.717) is 22.9 Å². The normalized spacial score (nSPS) is 11.5. The Morgan fingerprint density at radius 3 is 2.42 bits per heavy atom. The van der Waals surface area contributed by atoms with Crippen molar-refractivity contribution in [1.29, 1.82) is 0 Å². The van der Waals surface area contributed by atoms with Gasteiger partial charge in [-0.3, -0.25) is 4.79 Å². The van der Waals surface area contributed by atoms with Gasteiger partial charge >= 0.3 is 0 Å². The minimum atomic E-state index is -0.686.